The highest BCUT2D eigenvalue weighted by Gasteiger charge is 1.99. The molecule has 10 heavy (non-hydrogen) atoms. The molecule has 0 saturated heterocycles. The molecule has 0 spiro atoms. The summed E-state index contributed by atoms with van der Waals surface area (Å²) in [6, 6.07) is 1.43. The summed E-state index contributed by atoms with van der Waals surface area (Å²) in [5.41, 5.74) is 0.778. The van der Waals surface area contributed by atoms with Gasteiger partial charge in [0.15, 0.2) is 0 Å². The fourth-order valence-electron chi connectivity index (χ4n) is 0.641. The Morgan fingerprint density at radius 3 is 2.90 bits per heavy atom. The SMILES string of the molecule is C[CH]c1cc(F)cnc1Br. The Balaban J connectivity index is 3.09. The van der Waals surface area contributed by atoms with Crippen LogP contribution >= 0.6 is 15.9 Å². The minimum Gasteiger partial charge on any atom is -0.246 e. The van der Waals surface area contributed by atoms with Crippen LogP contribution in [0.3, 0.4) is 0 Å². The van der Waals surface area contributed by atoms with Crippen molar-refractivity contribution in [2.24, 2.45) is 0 Å². The van der Waals surface area contributed by atoms with Gasteiger partial charge in [0.2, 0.25) is 0 Å². The molecule has 0 fully saturated rings. The molecule has 1 aromatic rings. The summed E-state index contributed by atoms with van der Waals surface area (Å²) in [5.74, 6) is -0.309. The Labute approximate surface area is 67.4 Å². The molecule has 0 aliphatic rings. The van der Waals surface area contributed by atoms with E-state index in [2.05, 4.69) is 20.9 Å². The second kappa shape index (κ2) is 3.10. The van der Waals surface area contributed by atoms with Gasteiger partial charge in [-0.05, 0) is 34.0 Å². The average Bonchev–Trinajstić information content (AvgIpc) is 1.94. The Bertz CT molecular complexity index is 237. The first kappa shape index (κ1) is 7.66. The standard InChI is InChI=1S/C7H6BrFN/c1-2-5-3-6(9)4-10-7(5)8/h2-4H,1H3. The van der Waals surface area contributed by atoms with Crippen LogP contribution in [-0.4, -0.2) is 4.98 Å². The molecule has 1 nitrogen and oxygen atoms in total. The van der Waals surface area contributed by atoms with Gasteiger partial charge in [-0.2, -0.15) is 0 Å². The van der Waals surface area contributed by atoms with E-state index in [0.717, 1.165) is 5.56 Å². The number of nitrogens with zero attached hydrogens (tertiary/aromatic N) is 1. The molecule has 53 valence electrons. The van der Waals surface area contributed by atoms with E-state index >= 15 is 0 Å². The molecule has 1 aromatic heterocycles. The van der Waals surface area contributed by atoms with Crippen molar-refractivity contribution in [3.05, 3.63) is 34.7 Å². The van der Waals surface area contributed by atoms with Crippen molar-refractivity contribution in [2.75, 3.05) is 0 Å². The molecule has 0 saturated carbocycles. The first-order valence-corrected chi connectivity index (χ1v) is 3.63. The van der Waals surface area contributed by atoms with Gasteiger partial charge in [0.25, 0.3) is 0 Å². The third-order valence-electron chi connectivity index (χ3n) is 1.14. The Morgan fingerprint density at radius 1 is 1.70 bits per heavy atom. The molecule has 0 aliphatic heterocycles. The molecule has 1 rings (SSSR count). The lowest BCUT2D eigenvalue weighted by molar-refractivity contribution is 0.619. The van der Waals surface area contributed by atoms with E-state index in [1.54, 1.807) is 6.42 Å². The fourth-order valence-corrected chi connectivity index (χ4v) is 1.09. The second-order valence-corrected chi connectivity index (χ2v) is 2.57. The highest BCUT2D eigenvalue weighted by Crippen LogP contribution is 2.15. The van der Waals surface area contributed by atoms with Gasteiger partial charge >= 0.3 is 0 Å². The zero-order valence-corrected chi connectivity index (χ0v) is 7.02. The Hall–Kier alpha value is -0.440. The van der Waals surface area contributed by atoms with Crippen molar-refractivity contribution in [1.82, 2.24) is 4.98 Å². The number of aromatic nitrogens is 1. The largest absolute Gasteiger partial charge is 0.246 e. The number of rotatable bonds is 1. The lowest BCUT2D eigenvalue weighted by Crippen LogP contribution is -1.86. The Kier molecular flexibility index (Phi) is 2.38. The predicted octanol–water partition coefficient (Wildman–Crippen LogP) is 2.56. The molecular weight excluding hydrogens is 197 g/mol. The topological polar surface area (TPSA) is 12.9 Å². The second-order valence-electron chi connectivity index (χ2n) is 1.82. The minimum atomic E-state index is -0.309. The highest BCUT2D eigenvalue weighted by molar-refractivity contribution is 9.10. The molecule has 0 aliphatic carbocycles. The molecule has 0 atom stereocenters. The van der Waals surface area contributed by atoms with Crippen molar-refractivity contribution in [3.63, 3.8) is 0 Å². The van der Waals surface area contributed by atoms with E-state index in [1.807, 2.05) is 6.92 Å². The van der Waals surface area contributed by atoms with Crippen LogP contribution in [0.1, 0.15) is 12.5 Å². The van der Waals surface area contributed by atoms with Gasteiger partial charge in [-0.3, -0.25) is 0 Å². The van der Waals surface area contributed by atoms with Crippen molar-refractivity contribution in [1.29, 1.82) is 0 Å². The molecule has 0 amide bonds. The zero-order valence-electron chi connectivity index (χ0n) is 5.44. The monoisotopic (exact) mass is 202 g/mol. The van der Waals surface area contributed by atoms with Gasteiger partial charge in [0, 0.05) is 0 Å². The lowest BCUT2D eigenvalue weighted by atomic mass is 10.2. The first-order chi connectivity index (χ1) is 4.74. The van der Waals surface area contributed by atoms with Crippen LogP contribution in [0.2, 0.25) is 0 Å². The maximum absolute atomic E-state index is 12.4. The van der Waals surface area contributed by atoms with Gasteiger partial charge in [-0.15, -0.1) is 0 Å². The summed E-state index contributed by atoms with van der Waals surface area (Å²) < 4.78 is 13.1. The smallest absolute Gasteiger partial charge is 0.141 e. The summed E-state index contributed by atoms with van der Waals surface area (Å²) in [6.45, 7) is 1.83. The molecular formula is C7H6BrFN. The summed E-state index contributed by atoms with van der Waals surface area (Å²) in [5, 5.41) is 0. The van der Waals surface area contributed by atoms with E-state index < -0.39 is 0 Å². The van der Waals surface area contributed by atoms with Crippen LogP contribution in [0, 0.1) is 12.2 Å². The van der Waals surface area contributed by atoms with Crippen LogP contribution in [0.4, 0.5) is 4.39 Å². The number of halogens is 2. The molecule has 0 unspecified atom stereocenters. The van der Waals surface area contributed by atoms with E-state index in [1.165, 1.54) is 12.3 Å². The van der Waals surface area contributed by atoms with Gasteiger partial charge in [-0.25, -0.2) is 9.37 Å². The number of hydrogen-bond donors (Lipinski definition) is 0. The maximum atomic E-state index is 12.4. The van der Waals surface area contributed by atoms with Crippen LogP contribution in [0.15, 0.2) is 16.9 Å². The van der Waals surface area contributed by atoms with Crippen molar-refractivity contribution in [3.8, 4) is 0 Å². The molecule has 0 N–H and O–H groups in total. The average molecular weight is 203 g/mol. The lowest BCUT2D eigenvalue weighted by Gasteiger charge is -1.97. The number of pyridine rings is 1. The van der Waals surface area contributed by atoms with Crippen LogP contribution in [0.25, 0.3) is 0 Å². The minimum absolute atomic E-state index is 0.309. The maximum Gasteiger partial charge on any atom is 0.141 e. The quantitative estimate of drug-likeness (QED) is 0.639. The predicted molar refractivity (Wildman–Crippen MR) is 41.0 cm³/mol. The van der Waals surface area contributed by atoms with Gasteiger partial charge in [0.1, 0.15) is 10.4 Å². The van der Waals surface area contributed by atoms with Gasteiger partial charge < -0.3 is 0 Å². The molecule has 1 heterocycles. The van der Waals surface area contributed by atoms with Crippen molar-refractivity contribution in [2.45, 2.75) is 6.92 Å². The van der Waals surface area contributed by atoms with Crippen LogP contribution in [0.5, 0.6) is 0 Å². The summed E-state index contributed by atoms with van der Waals surface area (Å²) in [4.78, 5) is 3.76. The first-order valence-electron chi connectivity index (χ1n) is 2.84. The number of hydrogen-bond acceptors (Lipinski definition) is 1. The normalized spacial score (nSPS) is 9.90. The third kappa shape index (κ3) is 1.53. The van der Waals surface area contributed by atoms with Crippen LogP contribution < -0.4 is 0 Å². The van der Waals surface area contributed by atoms with E-state index in [9.17, 15) is 4.39 Å². The van der Waals surface area contributed by atoms with Crippen LogP contribution in [-0.2, 0) is 0 Å². The van der Waals surface area contributed by atoms with Gasteiger partial charge in [0.05, 0.1) is 6.20 Å². The molecule has 1 radical (unpaired) electrons. The van der Waals surface area contributed by atoms with E-state index in [-0.39, 0.29) is 5.82 Å². The highest BCUT2D eigenvalue weighted by atomic mass is 79.9. The Morgan fingerprint density at radius 2 is 2.40 bits per heavy atom. The molecule has 3 heteroatoms. The molecule has 0 bridgehead atoms. The molecule has 0 aromatic carbocycles. The fraction of sp³-hybridized carbons (Fsp3) is 0.143. The van der Waals surface area contributed by atoms with E-state index in [4.69, 9.17) is 0 Å². The third-order valence-corrected chi connectivity index (χ3v) is 1.81. The summed E-state index contributed by atoms with van der Waals surface area (Å²) in [6.07, 6.45) is 2.97. The summed E-state index contributed by atoms with van der Waals surface area (Å²) >= 11 is 3.18. The zero-order chi connectivity index (χ0) is 7.56. The van der Waals surface area contributed by atoms with Crippen molar-refractivity contribution < 1.29 is 4.39 Å². The summed E-state index contributed by atoms with van der Waals surface area (Å²) in [7, 11) is 0. The van der Waals surface area contributed by atoms with E-state index in [0.29, 0.717) is 4.60 Å². The van der Waals surface area contributed by atoms with Gasteiger partial charge in [-0.1, -0.05) is 6.92 Å². The van der Waals surface area contributed by atoms with Crippen molar-refractivity contribution >= 4 is 15.9 Å².